The first-order valence-electron chi connectivity index (χ1n) is 11.6. The van der Waals surface area contributed by atoms with Crippen LogP contribution >= 0.6 is 23.1 Å². The molecule has 1 atom stereocenters. The Morgan fingerprint density at radius 1 is 1.12 bits per heavy atom. The number of amides is 2. The number of thiophene rings is 1. The van der Waals surface area contributed by atoms with Crippen LogP contribution in [0.2, 0.25) is 0 Å². The first-order valence-corrected chi connectivity index (χ1v) is 13.6. The molecule has 2 aliphatic heterocycles. The van der Waals surface area contributed by atoms with E-state index in [1.807, 2.05) is 39.0 Å². The molecule has 7 nitrogen and oxygen atoms in total. The molecule has 0 bridgehead atoms. The minimum absolute atomic E-state index is 0.0467. The summed E-state index contributed by atoms with van der Waals surface area (Å²) in [4.78, 5) is 47.5. The van der Waals surface area contributed by atoms with E-state index in [0.29, 0.717) is 38.8 Å². The van der Waals surface area contributed by atoms with Gasteiger partial charge in [0.25, 0.3) is 11.5 Å². The van der Waals surface area contributed by atoms with Crippen LogP contribution in [0.1, 0.15) is 51.4 Å². The van der Waals surface area contributed by atoms with Gasteiger partial charge in [0.2, 0.25) is 5.91 Å². The number of benzene rings is 1. The molecule has 0 spiro atoms. The van der Waals surface area contributed by atoms with Crippen LogP contribution in [0.3, 0.4) is 0 Å². The van der Waals surface area contributed by atoms with Gasteiger partial charge < -0.3 is 10.2 Å². The minimum atomic E-state index is -0.561. The number of carbonyl (C=O) groups excluding carboxylic acids is 2. The number of nitrogens with one attached hydrogen (secondary N) is 1. The number of rotatable bonds is 3. The Hall–Kier alpha value is -2.65. The fourth-order valence-corrected chi connectivity index (χ4v) is 6.95. The molecular formula is C25H28N4O3S2. The third kappa shape index (κ3) is 4.05. The van der Waals surface area contributed by atoms with Crippen LogP contribution < -0.4 is 10.9 Å². The van der Waals surface area contributed by atoms with E-state index < -0.39 is 6.04 Å². The van der Waals surface area contributed by atoms with Gasteiger partial charge in [-0.15, -0.1) is 23.1 Å². The number of hydrogen-bond acceptors (Lipinski definition) is 6. The highest BCUT2D eigenvalue weighted by Gasteiger charge is 2.37. The predicted molar refractivity (Wildman–Crippen MR) is 138 cm³/mol. The zero-order valence-electron chi connectivity index (χ0n) is 19.6. The summed E-state index contributed by atoms with van der Waals surface area (Å²) in [5, 5.41) is 3.52. The van der Waals surface area contributed by atoms with Crippen molar-refractivity contribution in [2.24, 2.45) is 0 Å². The van der Waals surface area contributed by atoms with Gasteiger partial charge in [0.05, 0.1) is 16.1 Å². The summed E-state index contributed by atoms with van der Waals surface area (Å²) in [6.45, 7) is 6.54. The lowest BCUT2D eigenvalue weighted by Gasteiger charge is -2.23. The third-order valence-electron chi connectivity index (χ3n) is 6.83. The zero-order chi connectivity index (χ0) is 24.0. The van der Waals surface area contributed by atoms with Crippen molar-refractivity contribution in [1.82, 2.24) is 14.5 Å². The van der Waals surface area contributed by atoms with Crippen molar-refractivity contribution in [2.45, 2.75) is 59.0 Å². The van der Waals surface area contributed by atoms with Gasteiger partial charge in [0.1, 0.15) is 16.7 Å². The van der Waals surface area contributed by atoms with Crippen LogP contribution in [0.25, 0.3) is 10.2 Å². The number of thioether (sulfide) groups is 1. The molecule has 1 N–H and O–H groups in total. The molecular weight excluding hydrogens is 468 g/mol. The van der Waals surface area contributed by atoms with E-state index in [1.54, 1.807) is 21.2 Å². The Kier molecular flexibility index (Phi) is 6.24. The lowest BCUT2D eigenvalue weighted by molar-refractivity contribution is -0.119. The Morgan fingerprint density at radius 2 is 1.94 bits per heavy atom. The maximum atomic E-state index is 13.6. The maximum Gasteiger partial charge on any atom is 0.265 e. The average Bonchev–Trinajstić information content (AvgIpc) is 3.34. The van der Waals surface area contributed by atoms with Crippen molar-refractivity contribution >= 4 is 50.8 Å². The van der Waals surface area contributed by atoms with Gasteiger partial charge in [-0.3, -0.25) is 19.0 Å². The third-order valence-corrected chi connectivity index (χ3v) is 9.01. The number of aromatic nitrogens is 2. The molecule has 0 radical (unpaired) electrons. The molecule has 2 aliphatic rings. The second-order valence-corrected chi connectivity index (χ2v) is 11.1. The first-order chi connectivity index (χ1) is 16.3. The lowest BCUT2D eigenvalue weighted by atomic mass is 10.1. The molecule has 34 heavy (non-hydrogen) atoms. The smallest absolute Gasteiger partial charge is 0.265 e. The molecule has 1 unspecified atom stereocenters. The van der Waals surface area contributed by atoms with E-state index in [1.165, 1.54) is 11.3 Å². The molecule has 0 aliphatic carbocycles. The Labute approximate surface area is 206 Å². The van der Waals surface area contributed by atoms with Gasteiger partial charge in [-0.2, -0.15) is 0 Å². The van der Waals surface area contributed by atoms with Crippen LogP contribution in [-0.4, -0.2) is 43.9 Å². The van der Waals surface area contributed by atoms with Crippen molar-refractivity contribution in [3.63, 3.8) is 0 Å². The van der Waals surface area contributed by atoms with E-state index in [9.17, 15) is 14.4 Å². The summed E-state index contributed by atoms with van der Waals surface area (Å²) in [5.41, 5.74) is 3.62. The summed E-state index contributed by atoms with van der Waals surface area (Å²) >= 11 is 2.84. The molecule has 5 rings (SSSR count). The largest absolute Gasteiger partial charge is 0.324 e. The number of anilines is 1. The van der Waals surface area contributed by atoms with Gasteiger partial charge >= 0.3 is 0 Å². The highest BCUT2D eigenvalue weighted by Crippen LogP contribution is 2.32. The fraction of sp³-hybridized carbons (Fsp3) is 0.440. The number of carbonyl (C=O) groups is 2. The van der Waals surface area contributed by atoms with Gasteiger partial charge in [0.15, 0.2) is 0 Å². The Bertz CT molecular complexity index is 1360. The molecule has 4 heterocycles. The minimum Gasteiger partial charge on any atom is -0.324 e. The highest BCUT2D eigenvalue weighted by atomic mass is 32.2. The van der Waals surface area contributed by atoms with Crippen molar-refractivity contribution in [1.29, 1.82) is 0 Å². The molecule has 1 fully saturated rings. The Balaban J connectivity index is 1.44. The first kappa shape index (κ1) is 23.1. The summed E-state index contributed by atoms with van der Waals surface area (Å²) in [7, 11) is 0. The monoisotopic (exact) mass is 496 g/mol. The van der Waals surface area contributed by atoms with E-state index in [-0.39, 0.29) is 17.4 Å². The molecule has 2 aromatic heterocycles. The summed E-state index contributed by atoms with van der Waals surface area (Å²) in [6.07, 6.45) is 3.88. The van der Waals surface area contributed by atoms with Crippen molar-refractivity contribution in [2.75, 3.05) is 16.9 Å². The number of nitrogens with zero attached hydrogens (tertiary/aromatic N) is 3. The quantitative estimate of drug-likeness (QED) is 0.586. The van der Waals surface area contributed by atoms with Gasteiger partial charge in [-0.05, 0) is 62.4 Å². The van der Waals surface area contributed by atoms with Crippen molar-refractivity contribution in [3.8, 4) is 0 Å². The van der Waals surface area contributed by atoms with E-state index in [2.05, 4.69) is 5.32 Å². The molecule has 1 aromatic carbocycles. The van der Waals surface area contributed by atoms with Crippen molar-refractivity contribution < 1.29 is 9.59 Å². The van der Waals surface area contributed by atoms with Gasteiger partial charge in [-0.1, -0.05) is 12.5 Å². The second-order valence-electron chi connectivity index (χ2n) is 9.11. The molecule has 2 amide bonds. The van der Waals surface area contributed by atoms with Gasteiger partial charge in [0, 0.05) is 24.4 Å². The maximum absolute atomic E-state index is 13.6. The number of aryl methyl sites for hydroxylation is 4. The lowest BCUT2D eigenvalue weighted by Crippen LogP contribution is -2.44. The van der Waals surface area contributed by atoms with Gasteiger partial charge in [-0.25, -0.2) is 4.98 Å². The number of hydrogen-bond donors (Lipinski definition) is 1. The fourth-order valence-electron chi connectivity index (χ4n) is 4.65. The van der Waals surface area contributed by atoms with E-state index >= 15 is 0 Å². The van der Waals surface area contributed by atoms with Crippen LogP contribution in [0.5, 0.6) is 0 Å². The van der Waals surface area contributed by atoms with Crippen LogP contribution in [-0.2, 0) is 17.8 Å². The molecule has 3 aromatic rings. The predicted octanol–water partition coefficient (Wildman–Crippen LogP) is 4.26. The highest BCUT2D eigenvalue weighted by molar-refractivity contribution is 7.99. The normalized spacial score (nSPS) is 18.1. The van der Waals surface area contributed by atoms with E-state index in [4.69, 9.17) is 4.98 Å². The average molecular weight is 497 g/mol. The molecule has 178 valence electrons. The topological polar surface area (TPSA) is 84.3 Å². The van der Waals surface area contributed by atoms with Crippen LogP contribution in [0.4, 0.5) is 5.69 Å². The second kappa shape index (κ2) is 9.19. The zero-order valence-corrected chi connectivity index (χ0v) is 21.3. The summed E-state index contributed by atoms with van der Waals surface area (Å²) in [6, 6.07) is 5.24. The van der Waals surface area contributed by atoms with Crippen LogP contribution in [0.15, 0.2) is 23.0 Å². The molecule has 1 saturated heterocycles. The molecule has 0 saturated carbocycles. The summed E-state index contributed by atoms with van der Waals surface area (Å²) < 4.78 is 1.79. The molecule has 9 heteroatoms. The number of fused-ring (bicyclic) bond motifs is 2. The summed E-state index contributed by atoms with van der Waals surface area (Å²) in [5.74, 6) is 1.41. The van der Waals surface area contributed by atoms with Crippen molar-refractivity contribution in [3.05, 3.63) is 55.9 Å². The van der Waals surface area contributed by atoms with E-state index in [0.717, 1.165) is 48.3 Å². The standard InChI is InChI=1S/C25H28N4O3S2/c1-14-8-9-17(11-15(14)2)26-22(30)18-12-33-13-29(18)25(32)21-16(3)20-23(34-21)27-19-7-5-4-6-10-28(19)24(20)31/h8-9,11,18H,4-7,10,12-13H2,1-3H3,(H,26,30). The van der Waals surface area contributed by atoms with Crippen LogP contribution in [0, 0.1) is 20.8 Å². The SMILES string of the molecule is Cc1ccc(NC(=O)C2CSCN2C(=O)c2sc3nc4n(c(=O)c3c2C)CCCCC4)cc1C. The Morgan fingerprint density at radius 3 is 2.74 bits per heavy atom.